The van der Waals surface area contributed by atoms with Gasteiger partial charge in [0.05, 0.1) is 34.9 Å². The third-order valence-electron chi connectivity index (χ3n) is 5.04. The Kier molecular flexibility index (Phi) is 6.14. The first-order chi connectivity index (χ1) is 15.0. The van der Waals surface area contributed by atoms with Gasteiger partial charge in [0.15, 0.2) is 5.78 Å². The number of hydrogen-bond acceptors (Lipinski definition) is 5. The van der Waals surface area contributed by atoms with Gasteiger partial charge < -0.3 is 0 Å². The molecular formula is C26H23N3OS. The first-order valence-electron chi connectivity index (χ1n) is 10.1. The van der Waals surface area contributed by atoms with E-state index in [4.69, 9.17) is 0 Å². The standard InChI is InChI=1S/C26H23N3OS/c1-4-7-17(2)24(30)15-25-29-18(3)26(31-25)19-9-11-22-20(14-19)16-28-23(22)12-10-21-8-5-6-13-27-21/h4-14H,2,15-16H2,1,3H3/b7-4-,12-10+. The van der Waals surface area contributed by atoms with E-state index in [1.54, 1.807) is 23.6 Å². The Morgan fingerprint density at radius 2 is 2.10 bits per heavy atom. The first kappa shape index (κ1) is 20.8. The molecule has 0 bridgehead atoms. The molecule has 3 aromatic rings. The van der Waals surface area contributed by atoms with E-state index in [1.165, 1.54) is 5.56 Å². The number of fused-ring (bicyclic) bond motifs is 1. The number of benzene rings is 1. The van der Waals surface area contributed by atoms with Crippen LogP contribution in [0.15, 0.2) is 78.0 Å². The molecule has 0 aliphatic carbocycles. The van der Waals surface area contributed by atoms with E-state index in [-0.39, 0.29) is 12.2 Å². The van der Waals surface area contributed by atoms with Crippen LogP contribution in [0.5, 0.6) is 0 Å². The van der Waals surface area contributed by atoms with Gasteiger partial charge in [0, 0.05) is 17.3 Å². The Hall–Kier alpha value is -3.44. The lowest BCUT2D eigenvalue weighted by atomic mass is 10.0. The third-order valence-corrected chi connectivity index (χ3v) is 6.25. The largest absolute Gasteiger partial charge is 0.294 e. The van der Waals surface area contributed by atoms with Crippen molar-refractivity contribution < 1.29 is 4.79 Å². The van der Waals surface area contributed by atoms with Crippen LogP contribution in [0.3, 0.4) is 0 Å². The molecule has 31 heavy (non-hydrogen) atoms. The van der Waals surface area contributed by atoms with Gasteiger partial charge in [-0.3, -0.25) is 14.8 Å². The van der Waals surface area contributed by atoms with Gasteiger partial charge in [0.2, 0.25) is 0 Å². The highest BCUT2D eigenvalue weighted by Crippen LogP contribution is 2.33. The van der Waals surface area contributed by atoms with E-state index in [2.05, 4.69) is 39.7 Å². The maximum Gasteiger partial charge on any atom is 0.169 e. The molecule has 0 radical (unpaired) electrons. The predicted molar refractivity (Wildman–Crippen MR) is 128 cm³/mol. The summed E-state index contributed by atoms with van der Waals surface area (Å²) in [5.74, 6) is 0.00471. The molecule has 5 heteroatoms. The van der Waals surface area contributed by atoms with Crippen LogP contribution in [0, 0.1) is 6.92 Å². The van der Waals surface area contributed by atoms with Crippen molar-refractivity contribution in [3.63, 3.8) is 0 Å². The van der Waals surface area contributed by atoms with Crippen molar-refractivity contribution >= 4 is 28.9 Å². The van der Waals surface area contributed by atoms with Gasteiger partial charge in [-0.05, 0) is 55.3 Å². The highest BCUT2D eigenvalue weighted by molar-refractivity contribution is 7.15. The summed E-state index contributed by atoms with van der Waals surface area (Å²) in [5, 5.41) is 0.818. The van der Waals surface area contributed by atoms with E-state index in [1.807, 2.05) is 50.3 Å². The van der Waals surface area contributed by atoms with Crippen LogP contribution >= 0.6 is 11.3 Å². The van der Waals surface area contributed by atoms with Crippen molar-refractivity contribution in [2.75, 3.05) is 0 Å². The average molecular weight is 426 g/mol. The zero-order valence-corrected chi connectivity index (χ0v) is 18.4. The van der Waals surface area contributed by atoms with Crippen molar-refractivity contribution in [2.24, 2.45) is 4.99 Å². The predicted octanol–water partition coefficient (Wildman–Crippen LogP) is 5.77. The first-order valence-corrected chi connectivity index (χ1v) is 10.9. The van der Waals surface area contributed by atoms with Crippen molar-refractivity contribution in [1.29, 1.82) is 0 Å². The molecule has 0 N–H and O–H groups in total. The van der Waals surface area contributed by atoms with Crippen LogP contribution in [0.4, 0.5) is 0 Å². The lowest BCUT2D eigenvalue weighted by Crippen LogP contribution is -2.03. The fourth-order valence-electron chi connectivity index (χ4n) is 3.49. The van der Waals surface area contributed by atoms with Gasteiger partial charge in [-0.2, -0.15) is 0 Å². The number of aromatic nitrogens is 2. The molecule has 4 nitrogen and oxygen atoms in total. The maximum atomic E-state index is 12.3. The van der Waals surface area contributed by atoms with Gasteiger partial charge in [-0.15, -0.1) is 11.3 Å². The van der Waals surface area contributed by atoms with Gasteiger partial charge in [-0.25, -0.2) is 4.98 Å². The zero-order chi connectivity index (χ0) is 21.8. The van der Waals surface area contributed by atoms with Crippen LogP contribution in [0.2, 0.25) is 0 Å². The number of hydrogen-bond donors (Lipinski definition) is 0. The van der Waals surface area contributed by atoms with E-state index >= 15 is 0 Å². The maximum absolute atomic E-state index is 12.3. The molecule has 1 aliphatic rings. The number of allylic oxidation sites excluding steroid dienone is 4. The van der Waals surface area contributed by atoms with Crippen molar-refractivity contribution in [3.05, 3.63) is 100 Å². The molecule has 3 heterocycles. The molecule has 2 aromatic heterocycles. The number of Topliss-reactive ketones (excluding diaryl/α,β-unsaturated/α-hetero) is 1. The Bertz CT molecular complexity index is 1230. The topological polar surface area (TPSA) is 55.2 Å². The molecule has 0 saturated carbocycles. The summed E-state index contributed by atoms with van der Waals surface area (Å²) in [6.45, 7) is 8.36. The molecule has 0 fully saturated rings. The average Bonchev–Trinajstić information content (AvgIpc) is 3.35. The summed E-state index contributed by atoms with van der Waals surface area (Å²) in [6, 6.07) is 12.3. The van der Waals surface area contributed by atoms with E-state index in [9.17, 15) is 4.79 Å². The summed E-state index contributed by atoms with van der Waals surface area (Å²) in [6.07, 6.45) is 9.64. The molecular weight excluding hydrogens is 402 g/mol. The van der Waals surface area contributed by atoms with E-state index in [0.29, 0.717) is 12.1 Å². The molecule has 0 saturated heterocycles. The summed E-state index contributed by atoms with van der Waals surface area (Å²) < 4.78 is 0. The van der Waals surface area contributed by atoms with Crippen LogP contribution in [-0.2, 0) is 17.8 Å². The fourth-order valence-corrected chi connectivity index (χ4v) is 4.55. The molecule has 4 rings (SSSR count). The van der Waals surface area contributed by atoms with Gasteiger partial charge in [-0.1, -0.05) is 36.9 Å². The number of carbonyl (C=O) groups is 1. The highest BCUT2D eigenvalue weighted by atomic mass is 32.1. The van der Waals surface area contributed by atoms with Crippen LogP contribution in [0.1, 0.15) is 34.4 Å². The second-order valence-electron chi connectivity index (χ2n) is 7.31. The minimum absolute atomic E-state index is 0.00471. The fraction of sp³-hybridized carbons (Fsp3) is 0.154. The number of aliphatic imine (C=N–C) groups is 1. The Morgan fingerprint density at radius 3 is 2.87 bits per heavy atom. The molecule has 1 aromatic carbocycles. The van der Waals surface area contributed by atoms with Crippen molar-refractivity contribution in [3.8, 4) is 10.4 Å². The second-order valence-corrected chi connectivity index (χ2v) is 8.39. The Morgan fingerprint density at radius 1 is 1.23 bits per heavy atom. The summed E-state index contributed by atoms with van der Waals surface area (Å²) in [4.78, 5) is 27.0. The number of aryl methyl sites for hydroxylation is 1. The molecule has 0 atom stereocenters. The van der Waals surface area contributed by atoms with Gasteiger partial charge in [0.25, 0.3) is 0 Å². The summed E-state index contributed by atoms with van der Waals surface area (Å²) in [7, 11) is 0. The van der Waals surface area contributed by atoms with Crippen LogP contribution < -0.4 is 0 Å². The number of rotatable bonds is 7. The number of nitrogens with zero attached hydrogens (tertiary/aromatic N) is 3. The normalized spacial score (nSPS) is 13.0. The minimum atomic E-state index is 0.00471. The van der Waals surface area contributed by atoms with Crippen molar-refractivity contribution in [2.45, 2.75) is 26.8 Å². The van der Waals surface area contributed by atoms with Gasteiger partial charge in [0.1, 0.15) is 5.01 Å². The molecule has 0 amide bonds. The zero-order valence-electron chi connectivity index (χ0n) is 17.6. The third kappa shape index (κ3) is 4.67. The SMILES string of the molecule is C=C(/C=C\C)C(=O)Cc1nc(C)c(-c2ccc3c(c2)CN=C3/C=C/c2ccccn2)s1. The number of carbonyl (C=O) groups excluding carboxylic acids is 1. The number of ketones is 1. The lowest BCUT2D eigenvalue weighted by molar-refractivity contribution is -0.114. The van der Waals surface area contributed by atoms with Crippen LogP contribution in [0.25, 0.3) is 16.5 Å². The number of pyridine rings is 1. The second kappa shape index (κ2) is 9.14. The van der Waals surface area contributed by atoms with E-state index < -0.39 is 0 Å². The molecule has 0 unspecified atom stereocenters. The van der Waals surface area contributed by atoms with E-state index in [0.717, 1.165) is 38.1 Å². The van der Waals surface area contributed by atoms with Crippen LogP contribution in [-0.4, -0.2) is 21.5 Å². The Labute approximate surface area is 186 Å². The smallest absolute Gasteiger partial charge is 0.169 e. The Balaban J connectivity index is 1.53. The van der Waals surface area contributed by atoms with Gasteiger partial charge >= 0.3 is 0 Å². The molecule has 154 valence electrons. The monoisotopic (exact) mass is 425 g/mol. The minimum Gasteiger partial charge on any atom is -0.294 e. The van der Waals surface area contributed by atoms with Crippen molar-refractivity contribution in [1.82, 2.24) is 9.97 Å². The quantitative estimate of drug-likeness (QED) is 0.356. The summed E-state index contributed by atoms with van der Waals surface area (Å²) >= 11 is 1.57. The number of thiazole rings is 1. The summed E-state index contributed by atoms with van der Waals surface area (Å²) in [5.41, 5.74) is 6.80. The molecule has 1 aliphatic heterocycles. The molecule has 0 spiro atoms. The lowest BCUT2D eigenvalue weighted by Gasteiger charge is -2.04. The highest BCUT2D eigenvalue weighted by Gasteiger charge is 2.18.